The Morgan fingerprint density at radius 1 is 1.18 bits per heavy atom. The van der Waals surface area contributed by atoms with E-state index in [9.17, 15) is 10.1 Å². The van der Waals surface area contributed by atoms with Crippen molar-refractivity contribution < 1.29 is 4.79 Å². The third-order valence-corrected chi connectivity index (χ3v) is 5.57. The molecule has 2 aromatic rings. The van der Waals surface area contributed by atoms with Gasteiger partial charge >= 0.3 is 0 Å². The standard InChI is InChI=1S/C23H26N4O/c1-22(2,3)17-11-9-16(10-12-17)19-20(28)27(5)21(25)26-23(19,4)18-8-6-7-15(13-18)14-24/h6-13,19H,1-5H3,(H2,25,26)/t19-,23-/m1/s1. The molecule has 1 aliphatic rings. The van der Waals surface area contributed by atoms with Gasteiger partial charge in [0.1, 0.15) is 0 Å². The second kappa shape index (κ2) is 6.79. The van der Waals surface area contributed by atoms with Crippen molar-refractivity contribution in [2.45, 2.75) is 44.6 Å². The summed E-state index contributed by atoms with van der Waals surface area (Å²) in [4.78, 5) is 14.6. The van der Waals surface area contributed by atoms with Gasteiger partial charge in [-0.15, -0.1) is 0 Å². The number of nitrogens with one attached hydrogen (secondary N) is 2. The predicted molar refractivity (Wildman–Crippen MR) is 110 cm³/mol. The second-order valence-electron chi connectivity index (χ2n) is 8.57. The summed E-state index contributed by atoms with van der Waals surface area (Å²) in [6, 6.07) is 17.5. The Bertz CT molecular complexity index is 965. The highest BCUT2D eigenvalue weighted by atomic mass is 16.2. The first kappa shape index (κ1) is 19.6. The lowest BCUT2D eigenvalue weighted by Gasteiger charge is -2.46. The molecular weight excluding hydrogens is 348 g/mol. The third kappa shape index (κ3) is 3.27. The average Bonchev–Trinajstić information content (AvgIpc) is 2.66. The number of benzene rings is 2. The number of carbonyl (C=O) groups excluding carboxylic acids is 1. The Hall–Kier alpha value is -3.13. The Labute approximate surface area is 166 Å². The van der Waals surface area contributed by atoms with Gasteiger partial charge in [-0.25, -0.2) is 0 Å². The van der Waals surface area contributed by atoms with Crippen LogP contribution in [-0.2, 0) is 15.7 Å². The summed E-state index contributed by atoms with van der Waals surface area (Å²) < 4.78 is 0. The molecule has 2 aromatic carbocycles. The van der Waals surface area contributed by atoms with Crippen LogP contribution in [0.2, 0.25) is 0 Å². The maximum Gasteiger partial charge on any atom is 0.239 e. The normalized spacial score (nSPS) is 22.6. The van der Waals surface area contributed by atoms with Crippen molar-refractivity contribution in [2.75, 3.05) is 7.05 Å². The van der Waals surface area contributed by atoms with Gasteiger partial charge < -0.3 is 5.32 Å². The largest absolute Gasteiger partial charge is 0.346 e. The minimum atomic E-state index is -0.837. The minimum Gasteiger partial charge on any atom is -0.346 e. The molecule has 1 heterocycles. The highest BCUT2D eigenvalue weighted by Gasteiger charge is 2.48. The predicted octanol–water partition coefficient (Wildman–Crippen LogP) is 3.85. The van der Waals surface area contributed by atoms with Crippen LogP contribution in [-0.4, -0.2) is 23.8 Å². The number of hydrogen-bond acceptors (Lipinski definition) is 3. The number of nitrogens with zero attached hydrogens (tertiary/aromatic N) is 2. The number of rotatable bonds is 2. The Balaban J connectivity index is 2.14. The highest BCUT2D eigenvalue weighted by molar-refractivity contribution is 6.02. The number of likely N-dealkylation sites (N-methyl/N-ethyl adjacent to an activating group) is 1. The molecular formula is C23H26N4O. The molecule has 1 amide bonds. The fraction of sp³-hybridized carbons (Fsp3) is 0.348. The number of carbonyl (C=O) groups is 1. The molecule has 28 heavy (non-hydrogen) atoms. The average molecular weight is 374 g/mol. The van der Waals surface area contributed by atoms with Crippen molar-refractivity contribution in [1.29, 1.82) is 10.7 Å². The maximum absolute atomic E-state index is 13.2. The van der Waals surface area contributed by atoms with Crippen LogP contribution in [0.4, 0.5) is 0 Å². The second-order valence-corrected chi connectivity index (χ2v) is 8.57. The molecule has 0 radical (unpaired) electrons. The molecule has 2 N–H and O–H groups in total. The number of nitriles is 1. The number of hydrogen-bond donors (Lipinski definition) is 2. The summed E-state index contributed by atoms with van der Waals surface area (Å²) in [5.41, 5.74) is 2.60. The van der Waals surface area contributed by atoms with E-state index in [-0.39, 0.29) is 17.3 Å². The molecule has 0 bridgehead atoms. The Morgan fingerprint density at radius 3 is 2.39 bits per heavy atom. The van der Waals surface area contributed by atoms with Gasteiger partial charge in [0, 0.05) is 7.05 Å². The summed E-state index contributed by atoms with van der Waals surface area (Å²) in [5.74, 6) is -0.607. The lowest BCUT2D eigenvalue weighted by Crippen LogP contribution is -2.62. The fourth-order valence-corrected chi connectivity index (χ4v) is 3.75. The zero-order valence-electron chi connectivity index (χ0n) is 17.0. The van der Waals surface area contributed by atoms with Gasteiger partial charge in [-0.3, -0.25) is 15.1 Å². The van der Waals surface area contributed by atoms with Gasteiger partial charge in [0.2, 0.25) is 5.91 Å². The molecule has 0 saturated carbocycles. The molecule has 5 nitrogen and oxygen atoms in total. The Kier molecular flexibility index (Phi) is 4.76. The van der Waals surface area contributed by atoms with Crippen molar-refractivity contribution >= 4 is 11.9 Å². The summed E-state index contributed by atoms with van der Waals surface area (Å²) >= 11 is 0. The van der Waals surface area contributed by atoms with Gasteiger partial charge in [0.15, 0.2) is 5.96 Å². The molecule has 144 valence electrons. The summed E-state index contributed by atoms with van der Waals surface area (Å²) in [6.07, 6.45) is 0. The summed E-state index contributed by atoms with van der Waals surface area (Å²) in [7, 11) is 1.61. The molecule has 1 fully saturated rings. The zero-order valence-corrected chi connectivity index (χ0v) is 17.0. The van der Waals surface area contributed by atoms with Crippen LogP contribution in [0.3, 0.4) is 0 Å². The number of amides is 1. The quantitative estimate of drug-likeness (QED) is 0.838. The molecule has 3 rings (SSSR count). The molecule has 1 saturated heterocycles. The summed E-state index contributed by atoms with van der Waals surface area (Å²) in [6.45, 7) is 8.39. The van der Waals surface area contributed by atoms with E-state index in [4.69, 9.17) is 5.41 Å². The Morgan fingerprint density at radius 2 is 1.82 bits per heavy atom. The monoisotopic (exact) mass is 374 g/mol. The van der Waals surface area contributed by atoms with E-state index in [1.165, 1.54) is 10.5 Å². The van der Waals surface area contributed by atoms with Gasteiger partial charge in [0.05, 0.1) is 23.1 Å². The van der Waals surface area contributed by atoms with Gasteiger partial charge in [0.25, 0.3) is 0 Å². The first-order valence-corrected chi connectivity index (χ1v) is 9.33. The third-order valence-electron chi connectivity index (χ3n) is 5.57. The van der Waals surface area contributed by atoms with Crippen LogP contribution in [0, 0.1) is 16.7 Å². The molecule has 0 spiro atoms. The van der Waals surface area contributed by atoms with Gasteiger partial charge in [-0.2, -0.15) is 5.26 Å². The van der Waals surface area contributed by atoms with Gasteiger partial charge in [-0.05, 0) is 41.2 Å². The van der Waals surface area contributed by atoms with Crippen molar-refractivity contribution in [3.05, 3.63) is 70.8 Å². The van der Waals surface area contributed by atoms with E-state index in [0.29, 0.717) is 5.56 Å². The fourth-order valence-electron chi connectivity index (χ4n) is 3.75. The van der Waals surface area contributed by atoms with Crippen LogP contribution in [0.25, 0.3) is 0 Å². The first-order chi connectivity index (χ1) is 13.1. The minimum absolute atomic E-state index is 0.0245. The topological polar surface area (TPSA) is 80.0 Å². The van der Waals surface area contributed by atoms with E-state index < -0.39 is 11.5 Å². The maximum atomic E-state index is 13.2. The molecule has 5 heteroatoms. The molecule has 1 aliphatic heterocycles. The van der Waals surface area contributed by atoms with Crippen LogP contribution in [0.15, 0.2) is 48.5 Å². The lowest BCUT2D eigenvalue weighted by molar-refractivity contribution is -0.131. The number of guanidine groups is 1. The van der Waals surface area contributed by atoms with Gasteiger partial charge in [-0.1, -0.05) is 57.2 Å². The first-order valence-electron chi connectivity index (χ1n) is 9.33. The van der Waals surface area contributed by atoms with Crippen molar-refractivity contribution in [3.8, 4) is 6.07 Å². The SMILES string of the molecule is CN1C(=N)N[C@](C)(c2cccc(C#N)c2)[C@H](c2ccc(C(C)(C)C)cc2)C1=O. The van der Waals surface area contributed by atoms with Crippen molar-refractivity contribution in [1.82, 2.24) is 10.2 Å². The lowest BCUT2D eigenvalue weighted by atomic mass is 9.73. The molecule has 0 aromatic heterocycles. The summed E-state index contributed by atoms with van der Waals surface area (Å²) in [5, 5.41) is 20.7. The van der Waals surface area contributed by atoms with E-state index in [0.717, 1.165) is 11.1 Å². The van der Waals surface area contributed by atoms with E-state index in [1.807, 2.05) is 31.2 Å². The zero-order chi connectivity index (χ0) is 20.7. The van der Waals surface area contributed by atoms with E-state index in [1.54, 1.807) is 19.2 Å². The van der Waals surface area contributed by atoms with Crippen LogP contribution >= 0.6 is 0 Å². The van der Waals surface area contributed by atoms with E-state index >= 15 is 0 Å². The molecule has 2 atom stereocenters. The smallest absolute Gasteiger partial charge is 0.239 e. The van der Waals surface area contributed by atoms with Crippen molar-refractivity contribution in [2.24, 2.45) is 0 Å². The molecule has 0 unspecified atom stereocenters. The molecule has 0 aliphatic carbocycles. The van der Waals surface area contributed by atoms with Crippen molar-refractivity contribution in [3.63, 3.8) is 0 Å². The van der Waals surface area contributed by atoms with Crippen LogP contribution in [0.5, 0.6) is 0 Å². The van der Waals surface area contributed by atoms with Crippen LogP contribution in [0.1, 0.15) is 55.9 Å². The van der Waals surface area contributed by atoms with Crippen LogP contribution < -0.4 is 5.32 Å². The highest BCUT2D eigenvalue weighted by Crippen LogP contribution is 2.41. The van der Waals surface area contributed by atoms with E-state index in [2.05, 4.69) is 44.3 Å².